The maximum Gasteiger partial charge on any atom is 0.272 e. The van der Waals surface area contributed by atoms with Crippen LogP contribution in [0.15, 0.2) is 65.5 Å². The molecular formula is C24H25ClN4O. The summed E-state index contributed by atoms with van der Waals surface area (Å²) in [7, 11) is 0. The summed E-state index contributed by atoms with van der Waals surface area (Å²) < 4.78 is 1.50. The molecule has 1 N–H and O–H groups in total. The van der Waals surface area contributed by atoms with Crippen molar-refractivity contribution < 1.29 is 0 Å². The van der Waals surface area contributed by atoms with Gasteiger partial charge in [-0.2, -0.15) is 0 Å². The van der Waals surface area contributed by atoms with E-state index in [9.17, 15) is 4.79 Å². The van der Waals surface area contributed by atoms with Gasteiger partial charge in [-0.15, -0.1) is 0 Å². The highest BCUT2D eigenvalue weighted by molar-refractivity contribution is 6.30. The lowest BCUT2D eigenvalue weighted by atomic mass is 10.1. The minimum absolute atomic E-state index is 0.101. The monoisotopic (exact) mass is 420 g/mol. The molecule has 6 heteroatoms. The first-order valence-corrected chi connectivity index (χ1v) is 10.5. The lowest BCUT2D eigenvalue weighted by Crippen LogP contribution is -2.26. The van der Waals surface area contributed by atoms with Crippen molar-refractivity contribution >= 4 is 17.2 Å². The van der Waals surface area contributed by atoms with Gasteiger partial charge in [0.1, 0.15) is 0 Å². The predicted molar refractivity (Wildman–Crippen MR) is 122 cm³/mol. The van der Waals surface area contributed by atoms with E-state index in [0.29, 0.717) is 12.2 Å². The Hall–Kier alpha value is -2.89. The van der Waals surface area contributed by atoms with Crippen molar-refractivity contribution in [3.05, 3.63) is 92.9 Å². The maximum absolute atomic E-state index is 12.7. The van der Waals surface area contributed by atoms with Crippen LogP contribution in [0.25, 0.3) is 16.9 Å². The second-order valence-corrected chi connectivity index (χ2v) is 8.09. The van der Waals surface area contributed by atoms with E-state index in [1.54, 1.807) is 6.07 Å². The van der Waals surface area contributed by atoms with Gasteiger partial charge in [-0.05, 0) is 43.1 Å². The number of H-pyrrole nitrogens is 1. The van der Waals surface area contributed by atoms with Crippen LogP contribution in [0.3, 0.4) is 0 Å². The molecule has 2 heterocycles. The molecule has 5 nitrogen and oxygen atoms in total. The Kier molecular flexibility index (Phi) is 6.02. The Balaban J connectivity index is 1.60. The highest BCUT2D eigenvalue weighted by Gasteiger charge is 2.12. The molecule has 0 fully saturated rings. The van der Waals surface area contributed by atoms with Crippen LogP contribution in [0.2, 0.25) is 5.02 Å². The molecule has 0 radical (unpaired) electrons. The van der Waals surface area contributed by atoms with Crippen molar-refractivity contribution in [2.24, 2.45) is 0 Å². The van der Waals surface area contributed by atoms with E-state index in [2.05, 4.69) is 36.0 Å². The Morgan fingerprint density at radius 2 is 1.77 bits per heavy atom. The summed E-state index contributed by atoms with van der Waals surface area (Å²) in [5, 5.41) is 3.90. The van der Waals surface area contributed by atoms with E-state index >= 15 is 0 Å². The lowest BCUT2D eigenvalue weighted by Gasteiger charge is -2.21. The normalized spacial score (nSPS) is 11.5. The minimum atomic E-state index is -0.101. The van der Waals surface area contributed by atoms with Gasteiger partial charge in [0.05, 0.1) is 11.4 Å². The SMILES string of the molecule is CCCN(Cc1ccc(Cl)cc1)Cc1cc(=O)n2[nH]c(-c3ccc(C)cc3)cc2n1. The fourth-order valence-corrected chi connectivity index (χ4v) is 3.74. The van der Waals surface area contributed by atoms with Crippen molar-refractivity contribution in [2.45, 2.75) is 33.4 Å². The first kappa shape index (κ1) is 20.4. The molecule has 0 spiro atoms. The molecule has 154 valence electrons. The first-order chi connectivity index (χ1) is 14.5. The molecule has 0 saturated heterocycles. The van der Waals surface area contributed by atoms with Gasteiger partial charge in [0.15, 0.2) is 5.65 Å². The number of hydrogen-bond donors (Lipinski definition) is 1. The van der Waals surface area contributed by atoms with Crippen molar-refractivity contribution in [3.63, 3.8) is 0 Å². The molecule has 0 unspecified atom stereocenters. The van der Waals surface area contributed by atoms with E-state index in [1.165, 1.54) is 15.6 Å². The van der Waals surface area contributed by atoms with E-state index in [4.69, 9.17) is 16.6 Å². The van der Waals surface area contributed by atoms with Crippen molar-refractivity contribution in [2.75, 3.05) is 6.54 Å². The highest BCUT2D eigenvalue weighted by Crippen LogP contribution is 2.19. The van der Waals surface area contributed by atoms with Crippen LogP contribution < -0.4 is 5.56 Å². The van der Waals surface area contributed by atoms with Crippen LogP contribution in [0.1, 0.15) is 30.2 Å². The molecule has 4 aromatic rings. The fraction of sp³-hybridized carbons (Fsp3) is 0.250. The van der Waals surface area contributed by atoms with E-state index in [0.717, 1.165) is 41.5 Å². The summed E-state index contributed by atoms with van der Waals surface area (Å²) in [5.41, 5.74) is 5.60. The number of nitrogens with one attached hydrogen (secondary N) is 1. The molecule has 2 aromatic heterocycles. The Morgan fingerprint density at radius 1 is 1.03 bits per heavy atom. The van der Waals surface area contributed by atoms with E-state index in [-0.39, 0.29) is 5.56 Å². The second-order valence-electron chi connectivity index (χ2n) is 7.65. The van der Waals surface area contributed by atoms with Gasteiger partial charge in [0.2, 0.25) is 0 Å². The quantitative estimate of drug-likeness (QED) is 0.454. The molecule has 0 aliphatic rings. The number of hydrogen-bond acceptors (Lipinski definition) is 3. The average Bonchev–Trinajstić information content (AvgIpc) is 3.15. The fourth-order valence-electron chi connectivity index (χ4n) is 3.61. The largest absolute Gasteiger partial charge is 0.293 e. The van der Waals surface area contributed by atoms with Gasteiger partial charge in [0, 0.05) is 30.2 Å². The third kappa shape index (κ3) is 4.64. The Labute approximate surface area is 180 Å². The number of halogens is 1. The molecule has 0 aliphatic heterocycles. The standard InChI is InChI=1S/C24H25ClN4O/c1-3-12-28(15-18-6-10-20(25)11-7-18)16-21-13-24(30)29-23(26-21)14-22(27-29)19-8-4-17(2)5-9-19/h4-11,13-14,27H,3,12,15-16H2,1-2H3. The van der Waals surface area contributed by atoms with Crippen LogP contribution in [0.4, 0.5) is 0 Å². The van der Waals surface area contributed by atoms with E-state index in [1.807, 2.05) is 42.5 Å². The van der Waals surface area contributed by atoms with Crippen molar-refractivity contribution in [1.82, 2.24) is 19.5 Å². The number of nitrogens with zero attached hydrogens (tertiary/aromatic N) is 3. The zero-order valence-corrected chi connectivity index (χ0v) is 18.0. The zero-order chi connectivity index (χ0) is 21.1. The molecule has 0 amide bonds. The predicted octanol–water partition coefficient (Wildman–Crippen LogP) is 5.06. The van der Waals surface area contributed by atoms with Crippen molar-refractivity contribution in [1.29, 1.82) is 0 Å². The molecule has 4 rings (SSSR count). The molecule has 2 aromatic carbocycles. The molecule has 0 saturated carbocycles. The first-order valence-electron chi connectivity index (χ1n) is 10.2. The van der Waals surface area contributed by atoms with Gasteiger partial charge in [-0.1, -0.05) is 60.5 Å². The second kappa shape index (κ2) is 8.86. The topological polar surface area (TPSA) is 53.4 Å². The van der Waals surface area contributed by atoms with Crippen LogP contribution in [0, 0.1) is 6.92 Å². The molecule has 0 bridgehead atoms. The summed E-state index contributed by atoms with van der Waals surface area (Å²) in [6.45, 7) is 6.53. The summed E-state index contributed by atoms with van der Waals surface area (Å²) >= 11 is 6.00. The van der Waals surface area contributed by atoms with Crippen LogP contribution in [-0.2, 0) is 13.1 Å². The van der Waals surface area contributed by atoms with Gasteiger partial charge >= 0.3 is 0 Å². The van der Waals surface area contributed by atoms with Crippen molar-refractivity contribution in [3.8, 4) is 11.3 Å². The number of benzene rings is 2. The lowest BCUT2D eigenvalue weighted by molar-refractivity contribution is 0.254. The summed E-state index contributed by atoms with van der Waals surface area (Å²) in [6.07, 6.45) is 1.02. The summed E-state index contributed by atoms with van der Waals surface area (Å²) in [4.78, 5) is 19.7. The molecule has 0 aliphatic carbocycles. The van der Waals surface area contributed by atoms with Gasteiger partial charge in [-0.25, -0.2) is 9.50 Å². The number of aromatic amines is 1. The van der Waals surface area contributed by atoms with Crippen LogP contribution in [-0.4, -0.2) is 26.0 Å². The number of fused-ring (bicyclic) bond motifs is 1. The van der Waals surface area contributed by atoms with Gasteiger partial charge < -0.3 is 0 Å². The maximum atomic E-state index is 12.7. The highest BCUT2D eigenvalue weighted by atomic mass is 35.5. The summed E-state index contributed by atoms with van der Waals surface area (Å²) in [5.74, 6) is 0. The Bertz CT molecular complexity index is 1190. The van der Waals surface area contributed by atoms with Crippen LogP contribution in [0.5, 0.6) is 0 Å². The molecular weight excluding hydrogens is 396 g/mol. The minimum Gasteiger partial charge on any atom is -0.293 e. The third-order valence-electron chi connectivity index (χ3n) is 5.11. The van der Waals surface area contributed by atoms with E-state index < -0.39 is 0 Å². The zero-order valence-electron chi connectivity index (χ0n) is 17.2. The third-order valence-corrected chi connectivity index (χ3v) is 5.36. The number of aryl methyl sites for hydroxylation is 1. The smallest absolute Gasteiger partial charge is 0.272 e. The number of rotatable bonds is 7. The number of aromatic nitrogens is 3. The molecule has 30 heavy (non-hydrogen) atoms. The van der Waals surface area contributed by atoms with Gasteiger partial charge in [-0.3, -0.25) is 14.8 Å². The van der Waals surface area contributed by atoms with Crippen LogP contribution >= 0.6 is 11.6 Å². The molecule has 0 atom stereocenters. The Morgan fingerprint density at radius 3 is 2.47 bits per heavy atom. The summed E-state index contributed by atoms with van der Waals surface area (Å²) in [6, 6.07) is 19.6. The average molecular weight is 421 g/mol. The van der Waals surface area contributed by atoms with Gasteiger partial charge in [0.25, 0.3) is 5.56 Å².